The number of hydrogen-bond acceptors (Lipinski definition) is 5. The van der Waals surface area contributed by atoms with Crippen LogP contribution in [-0.4, -0.2) is 34.3 Å². The summed E-state index contributed by atoms with van der Waals surface area (Å²) in [6, 6.07) is 1.90. The van der Waals surface area contributed by atoms with Gasteiger partial charge in [-0.3, -0.25) is 0 Å². The van der Waals surface area contributed by atoms with Crippen molar-refractivity contribution >= 4 is 11.6 Å². The van der Waals surface area contributed by atoms with Crippen LogP contribution in [0.2, 0.25) is 0 Å². The van der Waals surface area contributed by atoms with Gasteiger partial charge in [-0.05, 0) is 19.3 Å². The maximum Gasteiger partial charge on any atom is 0.133 e. The van der Waals surface area contributed by atoms with Crippen LogP contribution in [0.4, 0.5) is 11.6 Å². The molecule has 0 spiro atoms. The van der Waals surface area contributed by atoms with Gasteiger partial charge in [0.25, 0.3) is 0 Å². The van der Waals surface area contributed by atoms with E-state index in [0.717, 1.165) is 56.0 Å². The number of anilines is 2. The highest BCUT2D eigenvalue weighted by atomic mass is 16.3. The van der Waals surface area contributed by atoms with E-state index in [1.54, 1.807) is 0 Å². The van der Waals surface area contributed by atoms with Gasteiger partial charge in [0.05, 0.1) is 5.60 Å². The van der Waals surface area contributed by atoms with E-state index >= 15 is 0 Å². The van der Waals surface area contributed by atoms with Gasteiger partial charge in [-0.15, -0.1) is 0 Å². The zero-order valence-electron chi connectivity index (χ0n) is 13.3. The van der Waals surface area contributed by atoms with E-state index < -0.39 is 5.60 Å². The monoisotopic (exact) mass is 292 g/mol. The number of nitrogens with zero attached hydrogens (tertiary/aromatic N) is 2. The summed E-state index contributed by atoms with van der Waals surface area (Å²) in [5.41, 5.74) is -0.591. The number of hydrogen-bond donors (Lipinski definition) is 3. The Hall–Kier alpha value is -1.36. The van der Waals surface area contributed by atoms with Crippen molar-refractivity contribution in [3.8, 4) is 0 Å². The quantitative estimate of drug-likeness (QED) is 0.703. The predicted octanol–water partition coefficient (Wildman–Crippen LogP) is 2.97. The first-order valence-corrected chi connectivity index (χ1v) is 8.17. The Balaban J connectivity index is 2.02. The Morgan fingerprint density at radius 2 is 1.81 bits per heavy atom. The molecule has 0 radical (unpaired) electrons. The van der Waals surface area contributed by atoms with Crippen LogP contribution >= 0.6 is 0 Å². The Morgan fingerprint density at radius 3 is 2.43 bits per heavy atom. The molecule has 1 aliphatic carbocycles. The molecule has 0 saturated heterocycles. The molecule has 0 aromatic carbocycles. The van der Waals surface area contributed by atoms with Crippen molar-refractivity contribution in [2.45, 2.75) is 63.9 Å². The number of rotatable bonds is 6. The minimum absolute atomic E-state index is 0.568. The average molecular weight is 292 g/mol. The van der Waals surface area contributed by atoms with Crippen molar-refractivity contribution in [1.29, 1.82) is 0 Å². The summed E-state index contributed by atoms with van der Waals surface area (Å²) in [6.07, 6.45) is 8.36. The Morgan fingerprint density at radius 1 is 1.14 bits per heavy atom. The van der Waals surface area contributed by atoms with Crippen LogP contribution in [0, 0.1) is 0 Å². The second-order valence-corrected chi connectivity index (χ2v) is 6.05. The third-order valence-electron chi connectivity index (χ3n) is 4.14. The molecular formula is C16H28N4O. The lowest BCUT2D eigenvalue weighted by molar-refractivity contribution is 0.0380. The van der Waals surface area contributed by atoms with Crippen LogP contribution in [0.3, 0.4) is 0 Å². The van der Waals surface area contributed by atoms with E-state index in [4.69, 9.17) is 0 Å². The molecule has 3 N–H and O–H groups in total. The molecule has 0 amide bonds. The number of aromatic nitrogens is 2. The molecule has 118 valence electrons. The number of aryl methyl sites for hydroxylation is 1. The van der Waals surface area contributed by atoms with E-state index in [9.17, 15) is 5.11 Å². The molecule has 0 aliphatic heterocycles. The number of nitrogens with one attached hydrogen (secondary N) is 2. The van der Waals surface area contributed by atoms with E-state index in [0.29, 0.717) is 6.54 Å². The number of aliphatic hydroxyl groups is 1. The van der Waals surface area contributed by atoms with Crippen LogP contribution in [0.15, 0.2) is 6.07 Å². The van der Waals surface area contributed by atoms with Gasteiger partial charge < -0.3 is 15.7 Å². The summed E-state index contributed by atoms with van der Waals surface area (Å²) in [5.74, 6) is 2.47. The van der Waals surface area contributed by atoms with E-state index in [1.807, 2.05) is 13.1 Å². The summed E-state index contributed by atoms with van der Waals surface area (Å²) in [5, 5.41) is 17.1. The highest BCUT2D eigenvalue weighted by Gasteiger charge is 2.27. The lowest BCUT2D eigenvalue weighted by Crippen LogP contribution is -2.36. The van der Waals surface area contributed by atoms with E-state index in [-0.39, 0.29) is 0 Å². The van der Waals surface area contributed by atoms with E-state index in [2.05, 4.69) is 27.5 Å². The third-order valence-corrected chi connectivity index (χ3v) is 4.14. The largest absolute Gasteiger partial charge is 0.388 e. The summed E-state index contributed by atoms with van der Waals surface area (Å²) in [4.78, 5) is 8.98. The molecule has 2 rings (SSSR count). The van der Waals surface area contributed by atoms with Gasteiger partial charge in [0.1, 0.15) is 17.5 Å². The van der Waals surface area contributed by atoms with Gasteiger partial charge in [0.2, 0.25) is 0 Å². The molecule has 1 fully saturated rings. The average Bonchev–Trinajstić information content (AvgIpc) is 2.71. The Bertz CT molecular complexity index is 442. The second-order valence-electron chi connectivity index (χ2n) is 6.05. The highest BCUT2D eigenvalue weighted by Crippen LogP contribution is 2.27. The van der Waals surface area contributed by atoms with Crippen LogP contribution in [0.5, 0.6) is 0 Å². The molecule has 21 heavy (non-hydrogen) atoms. The van der Waals surface area contributed by atoms with Crippen molar-refractivity contribution in [2.75, 3.05) is 24.2 Å². The molecule has 0 atom stereocenters. The molecule has 1 saturated carbocycles. The third kappa shape index (κ3) is 4.84. The van der Waals surface area contributed by atoms with Crippen LogP contribution in [0.25, 0.3) is 0 Å². The summed E-state index contributed by atoms with van der Waals surface area (Å²) < 4.78 is 0. The molecule has 1 heterocycles. The summed E-state index contributed by atoms with van der Waals surface area (Å²) in [7, 11) is 1.86. The predicted molar refractivity (Wildman–Crippen MR) is 86.7 cm³/mol. The zero-order chi connectivity index (χ0) is 15.1. The fraction of sp³-hybridized carbons (Fsp3) is 0.750. The Kier molecular flexibility index (Phi) is 5.79. The SMILES string of the molecule is CCCc1nc(NC)cc(NCC2(O)CCCCCC2)n1. The molecule has 1 aromatic rings. The van der Waals surface area contributed by atoms with Crippen molar-refractivity contribution < 1.29 is 5.11 Å². The molecule has 0 unspecified atom stereocenters. The smallest absolute Gasteiger partial charge is 0.133 e. The maximum atomic E-state index is 10.7. The van der Waals surface area contributed by atoms with Crippen molar-refractivity contribution in [3.05, 3.63) is 11.9 Å². The lowest BCUT2D eigenvalue weighted by Gasteiger charge is -2.27. The molecule has 5 heteroatoms. The maximum absolute atomic E-state index is 10.7. The fourth-order valence-corrected chi connectivity index (χ4v) is 2.87. The standard InChI is InChI=1S/C16H28N4O/c1-3-8-13-19-14(17-2)11-15(20-13)18-12-16(21)9-6-4-5-7-10-16/h11,21H,3-10,12H2,1-2H3,(H2,17,18,19,20). The summed E-state index contributed by atoms with van der Waals surface area (Å²) >= 11 is 0. The minimum Gasteiger partial charge on any atom is -0.388 e. The topological polar surface area (TPSA) is 70.1 Å². The van der Waals surface area contributed by atoms with Crippen LogP contribution in [-0.2, 0) is 6.42 Å². The normalized spacial score (nSPS) is 18.0. The molecule has 1 aliphatic rings. The van der Waals surface area contributed by atoms with Crippen molar-refractivity contribution in [3.63, 3.8) is 0 Å². The van der Waals surface area contributed by atoms with E-state index in [1.165, 1.54) is 12.8 Å². The first-order chi connectivity index (χ1) is 10.1. The molecule has 0 bridgehead atoms. The minimum atomic E-state index is -0.591. The van der Waals surface area contributed by atoms with Gasteiger partial charge in [-0.2, -0.15) is 0 Å². The highest BCUT2D eigenvalue weighted by molar-refractivity contribution is 5.47. The van der Waals surface area contributed by atoms with Crippen molar-refractivity contribution in [2.24, 2.45) is 0 Å². The molecular weight excluding hydrogens is 264 g/mol. The van der Waals surface area contributed by atoms with Gasteiger partial charge in [0.15, 0.2) is 0 Å². The van der Waals surface area contributed by atoms with Gasteiger partial charge >= 0.3 is 0 Å². The zero-order valence-corrected chi connectivity index (χ0v) is 13.3. The Labute approximate surface area is 127 Å². The summed E-state index contributed by atoms with van der Waals surface area (Å²) in [6.45, 7) is 2.69. The van der Waals surface area contributed by atoms with Crippen LogP contribution in [0.1, 0.15) is 57.7 Å². The first-order valence-electron chi connectivity index (χ1n) is 8.17. The van der Waals surface area contributed by atoms with Gasteiger partial charge in [-0.1, -0.05) is 32.6 Å². The molecule has 5 nitrogen and oxygen atoms in total. The first kappa shape index (κ1) is 16.0. The lowest BCUT2D eigenvalue weighted by atomic mass is 9.94. The fourth-order valence-electron chi connectivity index (χ4n) is 2.87. The van der Waals surface area contributed by atoms with Gasteiger partial charge in [0, 0.05) is 26.1 Å². The molecule has 1 aromatic heterocycles. The second kappa shape index (κ2) is 7.59. The van der Waals surface area contributed by atoms with Crippen molar-refractivity contribution in [1.82, 2.24) is 9.97 Å². The van der Waals surface area contributed by atoms with Crippen LogP contribution < -0.4 is 10.6 Å². The van der Waals surface area contributed by atoms with Gasteiger partial charge in [-0.25, -0.2) is 9.97 Å².